The van der Waals surface area contributed by atoms with E-state index in [1.165, 1.54) is 11.1 Å². The van der Waals surface area contributed by atoms with Gasteiger partial charge >= 0.3 is 0 Å². The van der Waals surface area contributed by atoms with Crippen molar-refractivity contribution in [3.8, 4) is 0 Å². The lowest BCUT2D eigenvalue weighted by Crippen LogP contribution is -2.60. The lowest BCUT2D eigenvalue weighted by atomic mass is 9.83. The average Bonchev–Trinajstić information content (AvgIpc) is 3.45. The molecule has 2 aliphatic heterocycles. The second-order valence-electron chi connectivity index (χ2n) is 8.41. The molecule has 0 bridgehead atoms. The number of ether oxygens (including phenoxy) is 1. The number of morpholine rings is 1. The Balaban J connectivity index is 1.40. The van der Waals surface area contributed by atoms with Gasteiger partial charge in [-0.3, -0.25) is 14.7 Å². The van der Waals surface area contributed by atoms with E-state index in [1.807, 2.05) is 23.2 Å². The molecule has 0 radical (unpaired) electrons. The highest BCUT2D eigenvalue weighted by Crippen LogP contribution is 2.42. The normalized spacial score (nSPS) is 24.2. The van der Waals surface area contributed by atoms with Crippen molar-refractivity contribution in [3.63, 3.8) is 0 Å². The van der Waals surface area contributed by atoms with Crippen LogP contribution in [0.5, 0.6) is 0 Å². The molecule has 2 atom stereocenters. The molecule has 2 aliphatic rings. The summed E-state index contributed by atoms with van der Waals surface area (Å²) < 4.78 is 6.38. The quantitative estimate of drug-likeness (QED) is 0.596. The predicted octanol–water partition coefficient (Wildman–Crippen LogP) is 3.58. The maximum atomic E-state index is 13.8. The third-order valence-electron chi connectivity index (χ3n) is 6.43. The second kappa shape index (κ2) is 8.91. The summed E-state index contributed by atoms with van der Waals surface area (Å²) in [6, 6.07) is 16.7. The minimum Gasteiger partial charge on any atom is -0.361 e. The number of thiophene rings is 1. The van der Waals surface area contributed by atoms with Gasteiger partial charge in [-0.1, -0.05) is 36.4 Å². The van der Waals surface area contributed by atoms with E-state index in [-0.39, 0.29) is 11.8 Å². The van der Waals surface area contributed by atoms with E-state index in [2.05, 4.69) is 57.0 Å². The van der Waals surface area contributed by atoms with Gasteiger partial charge in [0, 0.05) is 51.0 Å². The van der Waals surface area contributed by atoms with Crippen LogP contribution in [0.1, 0.15) is 22.6 Å². The lowest BCUT2D eigenvalue weighted by molar-refractivity contribution is -0.173. The van der Waals surface area contributed by atoms with Crippen LogP contribution in [-0.4, -0.2) is 59.1 Å². The molecule has 1 aromatic carbocycles. The number of amides is 1. The number of nitrogens with zero attached hydrogens (tertiary/aromatic N) is 3. The topological polar surface area (TPSA) is 45.7 Å². The number of rotatable bonds is 6. The van der Waals surface area contributed by atoms with Gasteiger partial charge in [0.05, 0.1) is 6.61 Å². The van der Waals surface area contributed by atoms with Crippen molar-refractivity contribution >= 4 is 17.2 Å². The van der Waals surface area contributed by atoms with Crippen LogP contribution in [0.25, 0.3) is 0 Å². The largest absolute Gasteiger partial charge is 0.361 e. The highest BCUT2D eigenvalue weighted by molar-refractivity contribution is 7.07. The highest BCUT2D eigenvalue weighted by Gasteiger charge is 2.56. The van der Waals surface area contributed by atoms with Gasteiger partial charge in [-0.25, -0.2) is 0 Å². The van der Waals surface area contributed by atoms with Crippen LogP contribution in [-0.2, 0) is 22.5 Å². The van der Waals surface area contributed by atoms with Gasteiger partial charge in [0.15, 0.2) is 5.60 Å². The molecule has 5 nitrogen and oxygen atoms in total. The fourth-order valence-corrected chi connectivity index (χ4v) is 5.52. The number of pyridine rings is 1. The SMILES string of the molecule is O=C1N(Cc2ccsc2)CCO[C@]12CN(CCc1ccccc1)C[C@H]2c1cccnc1. The van der Waals surface area contributed by atoms with Crippen molar-refractivity contribution in [2.45, 2.75) is 24.5 Å². The van der Waals surface area contributed by atoms with Crippen LogP contribution >= 0.6 is 11.3 Å². The van der Waals surface area contributed by atoms with Crippen molar-refractivity contribution in [1.82, 2.24) is 14.8 Å². The number of likely N-dealkylation sites (tertiary alicyclic amines) is 1. The van der Waals surface area contributed by atoms with Gasteiger partial charge in [-0.15, -0.1) is 0 Å². The Morgan fingerprint density at radius 1 is 1.13 bits per heavy atom. The molecular formula is C25H27N3O2S. The lowest BCUT2D eigenvalue weighted by Gasteiger charge is -2.42. The number of carbonyl (C=O) groups is 1. The molecule has 4 heterocycles. The molecule has 2 saturated heterocycles. The van der Waals surface area contributed by atoms with Crippen molar-refractivity contribution in [1.29, 1.82) is 0 Å². The maximum Gasteiger partial charge on any atom is 0.257 e. The Bertz CT molecular complexity index is 996. The Morgan fingerprint density at radius 3 is 2.81 bits per heavy atom. The van der Waals surface area contributed by atoms with Crippen LogP contribution in [0, 0.1) is 0 Å². The fraction of sp³-hybridized carbons (Fsp3) is 0.360. The first-order valence-electron chi connectivity index (χ1n) is 10.9. The number of carbonyl (C=O) groups excluding carboxylic acids is 1. The Morgan fingerprint density at radius 2 is 2.03 bits per heavy atom. The molecule has 5 rings (SSSR count). The van der Waals surface area contributed by atoms with Crippen molar-refractivity contribution < 1.29 is 9.53 Å². The molecule has 2 fully saturated rings. The van der Waals surface area contributed by atoms with E-state index < -0.39 is 5.60 Å². The molecule has 0 aliphatic carbocycles. The molecule has 0 saturated carbocycles. The van der Waals surface area contributed by atoms with E-state index in [4.69, 9.17) is 4.74 Å². The maximum absolute atomic E-state index is 13.8. The van der Waals surface area contributed by atoms with E-state index in [1.54, 1.807) is 17.5 Å². The molecule has 0 N–H and O–H groups in total. The molecule has 0 unspecified atom stereocenters. The predicted molar refractivity (Wildman–Crippen MR) is 122 cm³/mol. The Labute approximate surface area is 187 Å². The van der Waals surface area contributed by atoms with Gasteiger partial charge in [0.25, 0.3) is 5.91 Å². The number of aromatic nitrogens is 1. The summed E-state index contributed by atoms with van der Waals surface area (Å²) in [5.41, 5.74) is 2.74. The molecular weight excluding hydrogens is 406 g/mol. The van der Waals surface area contributed by atoms with Crippen molar-refractivity contribution in [3.05, 3.63) is 88.4 Å². The molecule has 2 aromatic heterocycles. The summed E-state index contributed by atoms with van der Waals surface area (Å²) in [5, 5.41) is 4.18. The van der Waals surface area contributed by atoms with E-state index in [9.17, 15) is 4.79 Å². The van der Waals surface area contributed by atoms with Crippen LogP contribution in [0.15, 0.2) is 71.7 Å². The van der Waals surface area contributed by atoms with E-state index in [0.29, 0.717) is 26.2 Å². The Hall–Kier alpha value is -2.54. The van der Waals surface area contributed by atoms with Gasteiger partial charge in [-0.2, -0.15) is 11.3 Å². The second-order valence-corrected chi connectivity index (χ2v) is 9.19. The zero-order chi connectivity index (χ0) is 21.1. The first-order chi connectivity index (χ1) is 15.2. The molecule has 31 heavy (non-hydrogen) atoms. The third kappa shape index (κ3) is 4.15. The van der Waals surface area contributed by atoms with Crippen LogP contribution in [0.4, 0.5) is 0 Å². The zero-order valence-corrected chi connectivity index (χ0v) is 18.3. The smallest absolute Gasteiger partial charge is 0.257 e. The van der Waals surface area contributed by atoms with Gasteiger partial charge in [0.1, 0.15) is 0 Å². The number of hydrogen-bond donors (Lipinski definition) is 0. The van der Waals surface area contributed by atoms with Crippen LogP contribution in [0.3, 0.4) is 0 Å². The van der Waals surface area contributed by atoms with E-state index in [0.717, 1.165) is 25.1 Å². The summed E-state index contributed by atoms with van der Waals surface area (Å²) in [6.07, 6.45) is 4.63. The molecule has 1 amide bonds. The summed E-state index contributed by atoms with van der Waals surface area (Å²) in [6.45, 7) is 4.19. The summed E-state index contributed by atoms with van der Waals surface area (Å²) in [4.78, 5) is 22.5. The van der Waals surface area contributed by atoms with E-state index >= 15 is 0 Å². The zero-order valence-electron chi connectivity index (χ0n) is 17.5. The van der Waals surface area contributed by atoms with Crippen LogP contribution in [0.2, 0.25) is 0 Å². The number of hydrogen-bond acceptors (Lipinski definition) is 5. The summed E-state index contributed by atoms with van der Waals surface area (Å²) in [5.74, 6) is 0.0933. The molecule has 1 spiro atoms. The number of benzene rings is 1. The standard InChI is InChI=1S/C25H27N3O2S/c29-24-25(30-13-12-28(24)16-21-9-14-31-18-21)19-27(11-8-20-5-2-1-3-6-20)17-23(25)22-7-4-10-26-15-22/h1-7,9-10,14-15,18,23H,8,11-13,16-17,19H2/t23-,25-/m0/s1. The van der Waals surface area contributed by atoms with Gasteiger partial charge < -0.3 is 9.64 Å². The van der Waals surface area contributed by atoms with Gasteiger partial charge in [0.2, 0.25) is 0 Å². The first kappa shape index (κ1) is 20.4. The minimum absolute atomic E-state index is 0.0188. The summed E-state index contributed by atoms with van der Waals surface area (Å²) >= 11 is 1.67. The third-order valence-corrected chi connectivity index (χ3v) is 7.16. The van der Waals surface area contributed by atoms with Crippen molar-refractivity contribution in [2.24, 2.45) is 0 Å². The fourth-order valence-electron chi connectivity index (χ4n) is 4.86. The molecule has 3 aromatic rings. The summed E-state index contributed by atoms with van der Waals surface area (Å²) in [7, 11) is 0. The van der Waals surface area contributed by atoms with Crippen molar-refractivity contribution in [2.75, 3.05) is 32.8 Å². The minimum atomic E-state index is -0.839. The van der Waals surface area contributed by atoms with Crippen LogP contribution < -0.4 is 0 Å². The van der Waals surface area contributed by atoms with Gasteiger partial charge in [-0.05, 0) is 46.0 Å². The average molecular weight is 434 g/mol. The molecule has 160 valence electrons. The first-order valence-corrected chi connectivity index (χ1v) is 11.8. The Kier molecular flexibility index (Phi) is 5.85. The molecule has 6 heteroatoms. The monoisotopic (exact) mass is 433 g/mol. The highest BCUT2D eigenvalue weighted by atomic mass is 32.1.